The van der Waals surface area contributed by atoms with Crippen molar-refractivity contribution in [2.45, 2.75) is 39.8 Å². The van der Waals surface area contributed by atoms with E-state index in [1.165, 1.54) is 4.57 Å². The SMILES string of the molecule is C=COC(=O)n1cc(NC(=O)c2ccc(N3CCN(C)CC3)cc2)c2c1CN(C(=O)Nc1c(CC)cccc1CC)C2. The van der Waals surface area contributed by atoms with Gasteiger partial charge in [-0.15, -0.1) is 0 Å². The van der Waals surface area contributed by atoms with E-state index in [1.807, 2.05) is 42.5 Å². The fourth-order valence-electron chi connectivity index (χ4n) is 5.58. The van der Waals surface area contributed by atoms with Crippen LogP contribution >= 0.6 is 0 Å². The van der Waals surface area contributed by atoms with Crippen LogP contribution in [-0.4, -0.2) is 65.6 Å². The van der Waals surface area contributed by atoms with Crippen molar-refractivity contribution in [1.29, 1.82) is 0 Å². The number of benzene rings is 2. The number of aromatic nitrogens is 1. The van der Waals surface area contributed by atoms with Gasteiger partial charge in [0.2, 0.25) is 0 Å². The first-order valence-corrected chi connectivity index (χ1v) is 14.4. The molecule has 1 saturated heterocycles. The molecule has 42 heavy (non-hydrogen) atoms. The van der Waals surface area contributed by atoms with Crippen molar-refractivity contribution in [3.63, 3.8) is 0 Å². The number of amides is 3. The predicted molar refractivity (Wildman–Crippen MR) is 164 cm³/mol. The minimum atomic E-state index is -0.662. The Kier molecular flexibility index (Phi) is 8.63. The minimum absolute atomic E-state index is 0.179. The van der Waals surface area contributed by atoms with Crippen LogP contribution in [0.4, 0.5) is 26.7 Å². The van der Waals surface area contributed by atoms with Crippen LogP contribution in [0.5, 0.6) is 0 Å². The molecule has 2 aliphatic heterocycles. The number of aryl methyl sites for hydroxylation is 2. The molecule has 5 rings (SSSR count). The van der Waals surface area contributed by atoms with Gasteiger partial charge in [0.1, 0.15) is 0 Å². The first-order valence-electron chi connectivity index (χ1n) is 14.4. The Bertz CT molecular complexity index is 1470. The minimum Gasteiger partial charge on any atom is -0.418 e. The first-order chi connectivity index (χ1) is 20.3. The third-order valence-electron chi connectivity index (χ3n) is 8.06. The van der Waals surface area contributed by atoms with Crippen LogP contribution < -0.4 is 15.5 Å². The van der Waals surface area contributed by atoms with Gasteiger partial charge in [-0.25, -0.2) is 9.59 Å². The summed E-state index contributed by atoms with van der Waals surface area (Å²) in [5.74, 6) is -0.302. The predicted octanol–water partition coefficient (Wildman–Crippen LogP) is 5.29. The van der Waals surface area contributed by atoms with E-state index in [0.717, 1.165) is 67.8 Å². The molecule has 0 saturated carbocycles. The van der Waals surface area contributed by atoms with E-state index in [9.17, 15) is 14.4 Å². The van der Waals surface area contributed by atoms with Crippen LogP contribution in [0.3, 0.4) is 0 Å². The van der Waals surface area contributed by atoms with Gasteiger partial charge in [0.25, 0.3) is 5.91 Å². The second-order valence-electron chi connectivity index (χ2n) is 10.6. The molecule has 10 heteroatoms. The Balaban J connectivity index is 1.34. The van der Waals surface area contributed by atoms with E-state index in [0.29, 0.717) is 22.5 Å². The fraction of sp³-hybridized carbons (Fsp3) is 0.344. The number of piperazine rings is 1. The summed E-state index contributed by atoms with van der Waals surface area (Å²) in [6.45, 7) is 11.9. The number of nitrogens with zero attached hydrogens (tertiary/aromatic N) is 4. The summed E-state index contributed by atoms with van der Waals surface area (Å²) in [6.07, 6.45) is 3.51. The van der Waals surface area contributed by atoms with Crippen molar-refractivity contribution in [2.24, 2.45) is 0 Å². The van der Waals surface area contributed by atoms with Gasteiger partial charge in [-0.2, -0.15) is 0 Å². The standard InChI is InChI=1S/C32H38N6O4/c1-5-22-9-8-10-23(6-2)29(22)34-31(40)37-19-26-27(20-38(28(26)21-37)32(41)42-7-3)33-30(39)24-11-13-25(14-12-24)36-17-15-35(4)16-18-36/h7-14,20H,3,5-6,15-19,21H2,1-2,4H3,(H,33,39)(H,34,40). The number of likely N-dealkylation sites (N-methyl/N-ethyl adjacent to an activating group) is 1. The van der Waals surface area contributed by atoms with E-state index >= 15 is 0 Å². The Morgan fingerprint density at radius 1 is 0.929 bits per heavy atom. The monoisotopic (exact) mass is 570 g/mol. The molecule has 2 aromatic carbocycles. The van der Waals surface area contributed by atoms with Gasteiger partial charge in [0.05, 0.1) is 30.7 Å². The van der Waals surface area contributed by atoms with E-state index in [1.54, 1.807) is 11.1 Å². The zero-order chi connectivity index (χ0) is 29.8. The van der Waals surface area contributed by atoms with Crippen LogP contribution in [0, 0.1) is 0 Å². The molecular weight excluding hydrogens is 532 g/mol. The number of hydrogen-bond acceptors (Lipinski definition) is 6. The number of hydrogen-bond donors (Lipinski definition) is 2. The van der Waals surface area contributed by atoms with Crippen LogP contribution in [-0.2, 0) is 30.7 Å². The van der Waals surface area contributed by atoms with Crippen molar-refractivity contribution in [3.8, 4) is 0 Å². The third-order valence-corrected chi connectivity index (χ3v) is 8.06. The van der Waals surface area contributed by atoms with E-state index in [4.69, 9.17) is 4.74 Å². The maximum Gasteiger partial charge on any atom is 0.423 e. The third kappa shape index (κ3) is 5.89. The Morgan fingerprint density at radius 2 is 1.60 bits per heavy atom. The van der Waals surface area contributed by atoms with Gasteiger partial charge < -0.3 is 30.1 Å². The summed E-state index contributed by atoms with van der Waals surface area (Å²) in [4.78, 5) is 45.7. The number of carbonyl (C=O) groups excluding carboxylic acids is 3. The van der Waals surface area contributed by atoms with Gasteiger partial charge in [-0.1, -0.05) is 38.6 Å². The summed E-state index contributed by atoms with van der Waals surface area (Å²) in [5, 5.41) is 6.05. The number of para-hydroxylation sites is 1. The van der Waals surface area contributed by atoms with Gasteiger partial charge in [-0.3, -0.25) is 9.36 Å². The molecule has 10 nitrogen and oxygen atoms in total. The molecule has 3 aromatic rings. The zero-order valence-corrected chi connectivity index (χ0v) is 24.5. The van der Waals surface area contributed by atoms with Crippen molar-refractivity contribution >= 4 is 35.1 Å². The van der Waals surface area contributed by atoms with E-state index in [-0.39, 0.29) is 25.0 Å². The molecule has 0 bridgehead atoms. The highest BCUT2D eigenvalue weighted by Crippen LogP contribution is 2.33. The van der Waals surface area contributed by atoms with Gasteiger partial charge in [-0.05, 0) is 55.3 Å². The molecule has 0 radical (unpaired) electrons. The van der Waals surface area contributed by atoms with Crippen LogP contribution in [0.15, 0.2) is 61.5 Å². The van der Waals surface area contributed by atoms with Crippen LogP contribution in [0.2, 0.25) is 0 Å². The highest BCUT2D eigenvalue weighted by Gasteiger charge is 2.32. The fourth-order valence-corrected chi connectivity index (χ4v) is 5.58. The lowest BCUT2D eigenvalue weighted by molar-refractivity contribution is 0.102. The number of anilines is 3. The number of nitrogens with one attached hydrogen (secondary N) is 2. The maximum atomic E-state index is 13.4. The molecule has 2 aliphatic rings. The molecule has 3 amide bonds. The van der Waals surface area contributed by atoms with Crippen molar-refractivity contribution < 1.29 is 19.1 Å². The topological polar surface area (TPSA) is 99.2 Å². The maximum absolute atomic E-state index is 13.4. The zero-order valence-electron chi connectivity index (χ0n) is 24.5. The number of rotatable bonds is 7. The molecule has 1 aromatic heterocycles. The lowest BCUT2D eigenvalue weighted by Crippen LogP contribution is -2.44. The summed E-state index contributed by atoms with van der Waals surface area (Å²) in [6, 6.07) is 13.3. The summed E-state index contributed by atoms with van der Waals surface area (Å²) >= 11 is 0. The molecule has 0 atom stereocenters. The van der Waals surface area contributed by atoms with Crippen molar-refractivity contribution in [2.75, 3.05) is 48.8 Å². The highest BCUT2D eigenvalue weighted by molar-refractivity contribution is 6.05. The Labute approximate surface area is 246 Å². The van der Waals surface area contributed by atoms with E-state index in [2.05, 4.69) is 47.9 Å². The van der Waals surface area contributed by atoms with E-state index < -0.39 is 6.09 Å². The Morgan fingerprint density at radius 3 is 2.21 bits per heavy atom. The molecule has 2 N–H and O–H groups in total. The smallest absolute Gasteiger partial charge is 0.418 e. The number of fused-ring (bicyclic) bond motifs is 1. The summed E-state index contributed by atoms with van der Waals surface area (Å²) < 4.78 is 6.36. The number of ether oxygens (including phenoxy) is 1. The molecule has 0 unspecified atom stereocenters. The quantitative estimate of drug-likeness (QED) is 0.375. The number of urea groups is 1. The largest absolute Gasteiger partial charge is 0.423 e. The van der Waals surface area contributed by atoms with Gasteiger partial charge in [0, 0.05) is 54.9 Å². The van der Waals surface area contributed by atoms with Gasteiger partial charge >= 0.3 is 12.1 Å². The van der Waals surface area contributed by atoms with Crippen LogP contribution in [0.25, 0.3) is 0 Å². The molecular formula is C32H38N6O4. The highest BCUT2D eigenvalue weighted by atomic mass is 16.5. The lowest BCUT2D eigenvalue weighted by atomic mass is 10.0. The van der Waals surface area contributed by atoms with Crippen molar-refractivity contribution in [1.82, 2.24) is 14.4 Å². The molecule has 1 fully saturated rings. The molecule has 0 spiro atoms. The second-order valence-corrected chi connectivity index (χ2v) is 10.6. The lowest BCUT2D eigenvalue weighted by Gasteiger charge is -2.34. The first kappa shape index (κ1) is 28.9. The normalized spacial score (nSPS) is 14.8. The molecule has 0 aliphatic carbocycles. The van der Waals surface area contributed by atoms with Gasteiger partial charge in [0.15, 0.2) is 0 Å². The van der Waals surface area contributed by atoms with Crippen LogP contribution in [0.1, 0.15) is 46.6 Å². The average molecular weight is 571 g/mol. The molecule has 220 valence electrons. The van der Waals surface area contributed by atoms with Crippen molar-refractivity contribution in [3.05, 3.63) is 89.5 Å². The summed E-state index contributed by atoms with van der Waals surface area (Å²) in [5.41, 5.74) is 6.25. The summed E-state index contributed by atoms with van der Waals surface area (Å²) in [7, 11) is 2.12. The Hall–Kier alpha value is -4.57. The molecule has 3 heterocycles. The number of carbonyl (C=O) groups is 3. The average Bonchev–Trinajstić information content (AvgIpc) is 3.58. The second kappa shape index (κ2) is 12.5.